The number of morpholine rings is 1. The van der Waals surface area contributed by atoms with Crippen molar-refractivity contribution in [2.45, 2.75) is 77.3 Å². The molecule has 0 atom stereocenters. The first kappa shape index (κ1) is 33.6. The molecule has 1 saturated heterocycles. The number of halogens is 2. The van der Waals surface area contributed by atoms with Gasteiger partial charge in [0, 0.05) is 72.1 Å². The fraction of sp³-hybridized carbons (Fsp3) is 0.472. The molecule has 4 heterocycles. The van der Waals surface area contributed by atoms with E-state index >= 15 is 8.78 Å². The van der Waals surface area contributed by atoms with E-state index in [9.17, 15) is 4.79 Å². The van der Waals surface area contributed by atoms with Crippen molar-refractivity contribution in [3.63, 3.8) is 0 Å². The summed E-state index contributed by atoms with van der Waals surface area (Å²) in [5.74, 6) is 0.0179. The van der Waals surface area contributed by atoms with E-state index in [1.165, 1.54) is 18.6 Å². The summed E-state index contributed by atoms with van der Waals surface area (Å²) in [5.41, 5.74) is 3.47. The van der Waals surface area contributed by atoms with Crippen LogP contribution in [0.25, 0.3) is 11.5 Å². The number of hydrogen-bond acceptors (Lipinski definition) is 9. The van der Waals surface area contributed by atoms with Crippen LogP contribution in [0.3, 0.4) is 0 Å². The van der Waals surface area contributed by atoms with E-state index in [2.05, 4.69) is 25.8 Å². The Balaban J connectivity index is 1.32. The van der Waals surface area contributed by atoms with E-state index in [-0.39, 0.29) is 41.7 Å². The Hall–Kier alpha value is -4.85. The van der Waals surface area contributed by atoms with Crippen molar-refractivity contribution in [3.8, 4) is 17.3 Å². The molecular weight excluding hydrogens is 644 g/mol. The molecule has 3 aromatic heterocycles. The van der Waals surface area contributed by atoms with E-state index in [1.54, 1.807) is 24.0 Å². The van der Waals surface area contributed by atoms with Gasteiger partial charge in [0.1, 0.15) is 28.8 Å². The molecular formula is C36H43F2N9O3. The number of hydrogen-bond donors (Lipinski definition) is 3. The molecule has 0 spiro atoms. The van der Waals surface area contributed by atoms with Crippen LogP contribution < -0.4 is 25.6 Å². The number of anilines is 4. The van der Waals surface area contributed by atoms with Crippen LogP contribution in [0.4, 0.5) is 36.6 Å². The summed E-state index contributed by atoms with van der Waals surface area (Å²) in [5, 5.41) is 14.5. The van der Waals surface area contributed by atoms with Crippen molar-refractivity contribution in [3.05, 3.63) is 65.1 Å². The molecule has 7 rings (SSSR count). The van der Waals surface area contributed by atoms with E-state index in [4.69, 9.17) is 24.5 Å². The standard InChI is InChI=1S/C36H43F2N9O3/c1-3-50-26-19-28(37)27(29(38)20-26)21-47-31(23-9-10-23)22(2)30(45-47)33-42-34(40-25-11-13-39-14-12-25)32(46-15-17-49-18-16-46)35(43-33)44-36(48)41-24-7-5-4-6-8-24/h11-14,19-20,23-24H,3-10,15-18,21H2,1-2H3,(H3,39,40,41,42,43,44,48). The van der Waals surface area contributed by atoms with Crippen molar-refractivity contribution in [1.29, 1.82) is 0 Å². The highest BCUT2D eigenvalue weighted by Gasteiger charge is 2.34. The first-order valence-electron chi connectivity index (χ1n) is 17.6. The molecule has 1 aliphatic heterocycles. The highest BCUT2D eigenvalue weighted by molar-refractivity contribution is 5.95. The monoisotopic (exact) mass is 687 g/mol. The second-order valence-corrected chi connectivity index (χ2v) is 13.1. The first-order valence-corrected chi connectivity index (χ1v) is 17.6. The average molecular weight is 688 g/mol. The predicted octanol–water partition coefficient (Wildman–Crippen LogP) is 6.68. The molecule has 2 amide bonds. The van der Waals surface area contributed by atoms with Crippen molar-refractivity contribution < 1.29 is 23.0 Å². The van der Waals surface area contributed by atoms with Gasteiger partial charge in [0.2, 0.25) is 0 Å². The molecule has 2 aliphatic carbocycles. The second-order valence-electron chi connectivity index (χ2n) is 13.1. The molecule has 3 fully saturated rings. The van der Waals surface area contributed by atoms with Gasteiger partial charge in [0.05, 0.1) is 26.4 Å². The number of carbonyl (C=O) groups is 1. The van der Waals surface area contributed by atoms with Crippen LogP contribution >= 0.6 is 0 Å². The maximum Gasteiger partial charge on any atom is 0.320 e. The minimum atomic E-state index is -0.699. The van der Waals surface area contributed by atoms with E-state index < -0.39 is 11.6 Å². The Morgan fingerprint density at radius 3 is 2.38 bits per heavy atom. The normalized spacial score (nSPS) is 16.7. The van der Waals surface area contributed by atoms with Gasteiger partial charge in [-0.2, -0.15) is 5.10 Å². The van der Waals surface area contributed by atoms with Crippen LogP contribution in [0, 0.1) is 18.6 Å². The molecule has 0 radical (unpaired) electrons. The SMILES string of the molecule is CCOc1cc(F)c(Cn2nc(-c3nc(NC(=O)NC4CCCCC4)c(N4CCOCC4)c(Nc4ccncc4)n3)c(C)c2C2CC2)c(F)c1. The number of amides is 2. The Morgan fingerprint density at radius 1 is 1.00 bits per heavy atom. The highest BCUT2D eigenvalue weighted by atomic mass is 19.1. The minimum Gasteiger partial charge on any atom is -0.494 e. The van der Waals surface area contributed by atoms with Crippen LogP contribution in [0.5, 0.6) is 5.75 Å². The summed E-state index contributed by atoms with van der Waals surface area (Å²) in [7, 11) is 0. The minimum absolute atomic E-state index is 0.0914. The molecule has 3 N–H and O–H groups in total. The summed E-state index contributed by atoms with van der Waals surface area (Å²) in [4.78, 5) is 29.8. The van der Waals surface area contributed by atoms with E-state index in [0.717, 1.165) is 55.5 Å². The lowest BCUT2D eigenvalue weighted by Crippen LogP contribution is -2.41. The smallest absolute Gasteiger partial charge is 0.320 e. The third kappa shape index (κ3) is 7.49. The largest absolute Gasteiger partial charge is 0.494 e. The number of nitrogens with one attached hydrogen (secondary N) is 3. The number of benzene rings is 1. The Bertz CT molecular complexity index is 1800. The molecule has 50 heavy (non-hydrogen) atoms. The average Bonchev–Trinajstić information content (AvgIpc) is 3.89. The maximum atomic E-state index is 15.3. The fourth-order valence-electron chi connectivity index (χ4n) is 6.87. The summed E-state index contributed by atoms with van der Waals surface area (Å²) >= 11 is 0. The van der Waals surface area contributed by atoms with Gasteiger partial charge in [0.15, 0.2) is 17.5 Å². The van der Waals surface area contributed by atoms with Crippen LogP contribution in [-0.2, 0) is 11.3 Å². The van der Waals surface area contributed by atoms with Gasteiger partial charge in [-0.1, -0.05) is 19.3 Å². The first-order chi connectivity index (χ1) is 24.4. The molecule has 4 aromatic rings. The molecule has 0 unspecified atom stereocenters. The van der Waals surface area contributed by atoms with Crippen molar-refractivity contribution in [2.24, 2.45) is 0 Å². The van der Waals surface area contributed by atoms with Gasteiger partial charge >= 0.3 is 6.03 Å². The van der Waals surface area contributed by atoms with Gasteiger partial charge in [0.25, 0.3) is 0 Å². The maximum absolute atomic E-state index is 15.3. The molecule has 2 saturated carbocycles. The highest BCUT2D eigenvalue weighted by Crippen LogP contribution is 2.45. The number of pyridine rings is 1. The Kier molecular flexibility index (Phi) is 10.1. The lowest BCUT2D eigenvalue weighted by molar-refractivity contribution is 0.123. The van der Waals surface area contributed by atoms with Crippen molar-refractivity contribution in [2.75, 3.05) is 48.4 Å². The van der Waals surface area contributed by atoms with Gasteiger partial charge < -0.3 is 25.0 Å². The topological polar surface area (TPSA) is 131 Å². The lowest BCUT2D eigenvalue weighted by Gasteiger charge is -2.32. The number of rotatable bonds is 11. The zero-order chi connectivity index (χ0) is 34.6. The number of aromatic nitrogens is 5. The molecule has 14 heteroatoms. The molecule has 0 bridgehead atoms. The second kappa shape index (κ2) is 15.0. The number of nitrogens with zero attached hydrogens (tertiary/aromatic N) is 6. The summed E-state index contributed by atoms with van der Waals surface area (Å²) in [6.45, 7) is 6.06. The summed E-state index contributed by atoms with van der Waals surface area (Å²) in [6.07, 6.45) is 10.5. The Labute approximate surface area is 290 Å². The number of ether oxygens (including phenoxy) is 2. The van der Waals surface area contributed by atoms with Gasteiger partial charge in [-0.15, -0.1) is 0 Å². The van der Waals surface area contributed by atoms with Crippen molar-refractivity contribution in [1.82, 2.24) is 30.0 Å². The van der Waals surface area contributed by atoms with Crippen LogP contribution in [0.1, 0.15) is 74.6 Å². The molecule has 1 aromatic carbocycles. The summed E-state index contributed by atoms with van der Waals surface area (Å²) in [6, 6.07) is 5.83. The number of urea groups is 1. The zero-order valence-electron chi connectivity index (χ0n) is 28.5. The van der Waals surface area contributed by atoms with Crippen LogP contribution in [-0.4, -0.2) is 69.7 Å². The third-order valence-corrected chi connectivity index (χ3v) is 9.47. The summed E-state index contributed by atoms with van der Waals surface area (Å²) < 4.78 is 43.2. The zero-order valence-corrected chi connectivity index (χ0v) is 28.5. The van der Waals surface area contributed by atoms with Gasteiger partial charge in [-0.25, -0.2) is 23.5 Å². The number of carbonyl (C=O) groups excluding carboxylic acids is 1. The van der Waals surface area contributed by atoms with E-state index in [0.29, 0.717) is 55.9 Å². The van der Waals surface area contributed by atoms with E-state index in [1.807, 2.05) is 19.1 Å². The van der Waals surface area contributed by atoms with Crippen molar-refractivity contribution >= 4 is 29.0 Å². The Morgan fingerprint density at radius 2 is 1.70 bits per heavy atom. The fourth-order valence-corrected chi connectivity index (χ4v) is 6.87. The quantitative estimate of drug-likeness (QED) is 0.158. The molecule has 264 valence electrons. The lowest BCUT2D eigenvalue weighted by atomic mass is 9.96. The predicted molar refractivity (Wildman–Crippen MR) is 186 cm³/mol. The van der Waals surface area contributed by atoms with Gasteiger partial charge in [-0.3, -0.25) is 15.0 Å². The molecule has 12 nitrogen and oxygen atoms in total. The van der Waals surface area contributed by atoms with Crippen LogP contribution in [0.15, 0.2) is 36.7 Å². The molecule has 3 aliphatic rings. The van der Waals surface area contributed by atoms with Gasteiger partial charge in [-0.05, 0) is 51.7 Å². The van der Waals surface area contributed by atoms with Crippen LogP contribution in [0.2, 0.25) is 0 Å². The third-order valence-electron chi connectivity index (χ3n) is 9.47.